The summed E-state index contributed by atoms with van der Waals surface area (Å²) in [5, 5.41) is 12.4. The molecule has 8 heteroatoms. The van der Waals surface area contributed by atoms with E-state index < -0.39 is 12.8 Å². The molecule has 25 heavy (non-hydrogen) atoms. The van der Waals surface area contributed by atoms with E-state index in [2.05, 4.69) is 15.4 Å². The van der Waals surface area contributed by atoms with Crippen molar-refractivity contribution in [3.8, 4) is 11.4 Å². The summed E-state index contributed by atoms with van der Waals surface area (Å²) in [6.07, 6.45) is 1.23. The SMILES string of the molecule is O=C(CCCn1nnc(-c2ccccc2)n1)N1CCCOC(CF)C1. The second-order valence-corrected chi connectivity index (χ2v) is 6.02. The summed E-state index contributed by atoms with van der Waals surface area (Å²) in [6, 6.07) is 9.62. The number of carbonyl (C=O) groups is 1. The van der Waals surface area contributed by atoms with E-state index in [4.69, 9.17) is 4.74 Å². The van der Waals surface area contributed by atoms with Crippen LogP contribution >= 0.6 is 0 Å². The number of amides is 1. The van der Waals surface area contributed by atoms with Crippen molar-refractivity contribution >= 4 is 5.91 Å². The van der Waals surface area contributed by atoms with Gasteiger partial charge in [-0.05, 0) is 18.1 Å². The van der Waals surface area contributed by atoms with Crippen molar-refractivity contribution in [1.82, 2.24) is 25.1 Å². The van der Waals surface area contributed by atoms with Crippen LogP contribution in [0.4, 0.5) is 4.39 Å². The third-order valence-electron chi connectivity index (χ3n) is 4.11. The normalized spacial score (nSPS) is 18.1. The molecule has 2 aromatic rings. The predicted octanol–water partition coefficient (Wildman–Crippen LogP) is 1.71. The lowest BCUT2D eigenvalue weighted by atomic mass is 10.2. The number of hydrogen-bond acceptors (Lipinski definition) is 5. The molecule has 0 spiro atoms. The molecule has 3 rings (SSSR count). The molecule has 0 radical (unpaired) electrons. The first-order chi connectivity index (χ1) is 12.3. The van der Waals surface area contributed by atoms with Crippen molar-refractivity contribution in [3.63, 3.8) is 0 Å². The number of tetrazole rings is 1. The second kappa shape index (κ2) is 8.66. The molecule has 1 fully saturated rings. The highest BCUT2D eigenvalue weighted by atomic mass is 19.1. The minimum atomic E-state index is -0.561. The topological polar surface area (TPSA) is 73.1 Å². The molecule has 0 bridgehead atoms. The van der Waals surface area contributed by atoms with E-state index in [1.165, 1.54) is 4.80 Å². The lowest BCUT2D eigenvalue weighted by molar-refractivity contribution is -0.132. The van der Waals surface area contributed by atoms with Gasteiger partial charge in [0.2, 0.25) is 11.7 Å². The van der Waals surface area contributed by atoms with E-state index in [1.54, 1.807) is 4.90 Å². The molecule has 2 heterocycles. The summed E-state index contributed by atoms with van der Waals surface area (Å²) < 4.78 is 18.2. The minimum absolute atomic E-state index is 0.0207. The zero-order chi connectivity index (χ0) is 17.5. The van der Waals surface area contributed by atoms with Gasteiger partial charge in [0.15, 0.2) is 0 Å². The van der Waals surface area contributed by atoms with E-state index in [9.17, 15) is 9.18 Å². The number of rotatable bonds is 6. The highest BCUT2D eigenvalue weighted by Crippen LogP contribution is 2.12. The summed E-state index contributed by atoms with van der Waals surface area (Å²) in [6.45, 7) is 1.41. The van der Waals surface area contributed by atoms with Gasteiger partial charge in [-0.25, -0.2) is 4.39 Å². The van der Waals surface area contributed by atoms with Gasteiger partial charge < -0.3 is 9.64 Å². The van der Waals surface area contributed by atoms with Gasteiger partial charge in [0.25, 0.3) is 0 Å². The molecule has 1 aromatic heterocycles. The molecule has 0 N–H and O–H groups in total. The van der Waals surface area contributed by atoms with Gasteiger partial charge in [0.1, 0.15) is 12.8 Å². The third kappa shape index (κ3) is 4.82. The Morgan fingerprint density at radius 2 is 2.16 bits per heavy atom. The Bertz CT molecular complexity index is 679. The van der Waals surface area contributed by atoms with Crippen LogP contribution < -0.4 is 0 Å². The zero-order valence-corrected chi connectivity index (χ0v) is 14.1. The summed E-state index contributed by atoms with van der Waals surface area (Å²) in [4.78, 5) is 15.5. The van der Waals surface area contributed by atoms with E-state index in [0.29, 0.717) is 44.9 Å². The molecule has 1 aliphatic rings. The van der Waals surface area contributed by atoms with Crippen LogP contribution in [0.1, 0.15) is 19.3 Å². The van der Waals surface area contributed by atoms with Crippen LogP contribution in [0.5, 0.6) is 0 Å². The van der Waals surface area contributed by atoms with Crippen LogP contribution in [0.3, 0.4) is 0 Å². The molecule has 7 nitrogen and oxygen atoms in total. The fraction of sp³-hybridized carbons (Fsp3) is 0.529. The number of nitrogens with zero attached hydrogens (tertiary/aromatic N) is 5. The largest absolute Gasteiger partial charge is 0.374 e. The number of carbonyl (C=O) groups excluding carboxylic acids is 1. The monoisotopic (exact) mass is 347 g/mol. The molecule has 0 saturated carbocycles. The lowest BCUT2D eigenvalue weighted by Crippen LogP contribution is -2.37. The number of aromatic nitrogens is 4. The first-order valence-corrected chi connectivity index (χ1v) is 8.55. The molecule has 0 aliphatic carbocycles. The quantitative estimate of drug-likeness (QED) is 0.795. The highest BCUT2D eigenvalue weighted by molar-refractivity contribution is 5.76. The standard InChI is InChI=1S/C17H22FN5O2/c18-12-15-13-22(9-5-11-25-15)16(24)8-4-10-23-20-17(19-21-23)14-6-2-1-3-7-14/h1-3,6-7,15H,4-5,8-13H2. The van der Waals surface area contributed by atoms with Crippen LogP contribution in [0.2, 0.25) is 0 Å². The predicted molar refractivity (Wildman–Crippen MR) is 89.4 cm³/mol. The zero-order valence-electron chi connectivity index (χ0n) is 14.1. The van der Waals surface area contributed by atoms with Crippen LogP contribution in [-0.4, -0.2) is 63.5 Å². The summed E-state index contributed by atoms with van der Waals surface area (Å²) >= 11 is 0. The third-order valence-corrected chi connectivity index (χ3v) is 4.11. The van der Waals surface area contributed by atoms with Crippen molar-refractivity contribution in [3.05, 3.63) is 30.3 Å². The number of halogens is 1. The van der Waals surface area contributed by atoms with E-state index >= 15 is 0 Å². The van der Waals surface area contributed by atoms with Crippen molar-refractivity contribution in [2.75, 3.05) is 26.4 Å². The molecule has 1 amide bonds. The lowest BCUT2D eigenvalue weighted by Gasteiger charge is -2.22. The van der Waals surface area contributed by atoms with Crippen LogP contribution in [0, 0.1) is 0 Å². The van der Waals surface area contributed by atoms with Crippen molar-refractivity contribution in [1.29, 1.82) is 0 Å². The Hall–Kier alpha value is -2.35. The summed E-state index contributed by atoms with van der Waals surface area (Å²) in [7, 11) is 0. The van der Waals surface area contributed by atoms with E-state index in [0.717, 1.165) is 12.0 Å². The van der Waals surface area contributed by atoms with Crippen molar-refractivity contribution in [2.24, 2.45) is 0 Å². The van der Waals surface area contributed by atoms with Crippen LogP contribution in [0.25, 0.3) is 11.4 Å². The maximum atomic E-state index is 12.8. The van der Waals surface area contributed by atoms with Gasteiger partial charge in [0.05, 0.1) is 6.54 Å². The van der Waals surface area contributed by atoms with E-state index in [1.807, 2.05) is 30.3 Å². The van der Waals surface area contributed by atoms with Gasteiger partial charge in [-0.1, -0.05) is 30.3 Å². The van der Waals surface area contributed by atoms with Gasteiger partial charge in [-0.3, -0.25) is 4.79 Å². The number of alkyl halides is 1. The number of benzene rings is 1. The summed E-state index contributed by atoms with van der Waals surface area (Å²) in [5.41, 5.74) is 0.909. The van der Waals surface area contributed by atoms with Gasteiger partial charge >= 0.3 is 0 Å². The minimum Gasteiger partial charge on any atom is -0.374 e. The number of aryl methyl sites for hydroxylation is 1. The Kier molecular flexibility index (Phi) is 6.05. The number of hydrogen-bond donors (Lipinski definition) is 0. The van der Waals surface area contributed by atoms with Gasteiger partial charge in [-0.2, -0.15) is 4.80 Å². The molecule has 1 unspecified atom stereocenters. The Morgan fingerprint density at radius 1 is 1.32 bits per heavy atom. The van der Waals surface area contributed by atoms with E-state index in [-0.39, 0.29) is 5.91 Å². The van der Waals surface area contributed by atoms with Crippen molar-refractivity contribution in [2.45, 2.75) is 31.9 Å². The highest BCUT2D eigenvalue weighted by Gasteiger charge is 2.22. The molecular formula is C17H22FN5O2. The molecular weight excluding hydrogens is 325 g/mol. The first kappa shape index (κ1) is 17.5. The average molecular weight is 347 g/mol. The smallest absolute Gasteiger partial charge is 0.222 e. The van der Waals surface area contributed by atoms with Gasteiger partial charge in [-0.15, -0.1) is 10.2 Å². The maximum Gasteiger partial charge on any atom is 0.222 e. The molecule has 1 aromatic carbocycles. The molecule has 134 valence electrons. The van der Waals surface area contributed by atoms with Crippen molar-refractivity contribution < 1.29 is 13.9 Å². The maximum absolute atomic E-state index is 12.8. The molecule has 1 atom stereocenters. The number of ether oxygens (including phenoxy) is 1. The fourth-order valence-electron chi connectivity index (χ4n) is 2.79. The second-order valence-electron chi connectivity index (χ2n) is 6.02. The van der Waals surface area contributed by atoms with Gasteiger partial charge in [0, 0.05) is 31.7 Å². The molecule has 1 saturated heterocycles. The average Bonchev–Trinajstić information content (AvgIpc) is 2.98. The van der Waals surface area contributed by atoms with Crippen LogP contribution in [-0.2, 0) is 16.1 Å². The fourth-order valence-corrected chi connectivity index (χ4v) is 2.79. The Labute approximate surface area is 145 Å². The summed E-state index contributed by atoms with van der Waals surface area (Å²) in [5.74, 6) is 0.592. The first-order valence-electron chi connectivity index (χ1n) is 8.55. The Morgan fingerprint density at radius 3 is 2.96 bits per heavy atom. The van der Waals surface area contributed by atoms with Crippen LogP contribution in [0.15, 0.2) is 30.3 Å². The molecule has 1 aliphatic heterocycles. The Balaban J connectivity index is 1.48.